The molecule has 4 nitrogen and oxygen atoms in total. The molecular weight excluding hydrogens is 414 g/mol. The van der Waals surface area contributed by atoms with E-state index in [4.69, 9.17) is 0 Å². The van der Waals surface area contributed by atoms with Crippen molar-refractivity contribution in [3.8, 4) is 0 Å². The molecule has 0 aromatic heterocycles. The van der Waals surface area contributed by atoms with Gasteiger partial charge in [0.2, 0.25) is 11.8 Å². The lowest BCUT2D eigenvalue weighted by atomic mass is 9.95. The number of halogens is 6. The highest BCUT2D eigenvalue weighted by Gasteiger charge is 2.38. The molecule has 30 heavy (non-hydrogen) atoms. The van der Waals surface area contributed by atoms with Gasteiger partial charge >= 0.3 is 12.4 Å². The van der Waals surface area contributed by atoms with E-state index in [0.29, 0.717) is 12.1 Å². The first-order chi connectivity index (χ1) is 13.9. The molecular formula is C20H22F6N2O2. The molecule has 0 radical (unpaired) electrons. The molecule has 1 saturated carbocycles. The van der Waals surface area contributed by atoms with Crippen LogP contribution in [0.1, 0.15) is 55.2 Å². The molecule has 1 saturated heterocycles. The second-order valence-electron chi connectivity index (χ2n) is 7.93. The Hall–Kier alpha value is -2.26. The molecule has 1 atom stereocenters. The van der Waals surface area contributed by atoms with Crippen molar-refractivity contribution < 1.29 is 35.9 Å². The van der Waals surface area contributed by atoms with Gasteiger partial charge in [-0.3, -0.25) is 9.59 Å². The lowest BCUT2D eigenvalue weighted by Gasteiger charge is -2.24. The Kier molecular flexibility index (Phi) is 6.33. The van der Waals surface area contributed by atoms with Gasteiger partial charge in [-0.1, -0.05) is 19.3 Å². The number of hydrogen-bond donors (Lipinski definition) is 1. The van der Waals surface area contributed by atoms with Crippen molar-refractivity contribution in [3.63, 3.8) is 0 Å². The highest BCUT2D eigenvalue weighted by molar-refractivity contribution is 5.89. The molecule has 0 bridgehead atoms. The Bertz CT molecular complexity index is 767. The van der Waals surface area contributed by atoms with Gasteiger partial charge in [-0.2, -0.15) is 26.3 Å². The van der Waals surface area contributed by atoms with Crippen molar-refractivity contribution in [3.05, 3.63) is 34.9 Å². The minimum Gasteiger partial charge on any atom is -0.353 e. The van der Waals surface area contributed by atoms with E-state index in [0.717, 1.165) is 37.0 Å². The number of benzene rings is 1. The molecule has 1 aliphatic heterocycles. The number of amides is 2. The van der Waals surface area contributed by atoms with Crippen LogP contribution < -0.4 is 5.32 Å². The van der Waals surface area contributed by atoms with E-state index in [-0.39, 0.29) is 36.5 Å². The fourth-order valence-corrected chi connectivity index (χ4v) is 4.00. The first-order valence-corrected chi connectivity index (χ1v) is 9.80. The van der Waals surface area contributed by atoms with Gasteiger partial charge in [-0.25, -0.2) is 0 Å². The van der Waals surface area contributed by atoms with E-state index in [1.807, 2.05) is 0 Å². The molecule has 1 heterocycles. The van der Waals surface area contributed by atoms with E-state index < -0.39 is 41.8 Å². The zero-order valence-electron chi connectivity index (χ0n) is 16.1. The number of rotatable bonds is 4. The molecule has 2 amide bonds. The van der Waals surface area contributed by atoms with Gasteiger partial charge in [0, 0.05) is 25.6 Å². The molecule has 2 aliphatic rings. The maximum Gasteiger partial charge on any atom is 0.416 e. The third kappa shape index (κ3) is 5.46. The van der Waals surface area contributed by atoms with Crippen LogP contribution in [0.25, 0.3) is 0 Å². The summed E-state index contributed by atoms with van der Waals surface area (Å²) in [5.41, 5.74) is -3.13. The van der Waals surface area contributed by atoms with Crippen LogP contribution in [0.15, 0.2) is 18.2 Å². The van der Waals surface area contributed by atoms with E-state index in [1.54, 1.807) is 0 Å². The largest absolute Gasteiger partial charge is 0.416 e. The summed E-state index contributed by atoms with van der Waals surface area (Å²) in [5.74, 6) is -1.42. The van der Waals surface area contributed by atoms with E-state index >= 15 is 0 Å². The number of hydrogen-bond acceptors (Lipinski definition) is 2. The summed E-state index contributed by atoms with van der Waals surface area (Å²) in [6.45, 7) is -0.450. The standard InChI is InChI=1S/C20H22F6N2O2/c21-19(22,23)14-6-12(7-15(9-14)20(24,25)26)10-28-11-13(8-17(28)29)18(30)27-16-4-2-1-3-5-16/h6-7,9,13,16H,1-5,8,10-11H2,(H,27,30)/t13-/m0/s1. The molecule has 0 spiro atoms. The van der Waals surface area contributed by atoms with Gasteiger partial charge in [0.25, 0.3) is 0 Å². The van der Waals surface area contributed by atoms with E-state index in [2.05, 4.69) is 5.32 Å². The van der Waals surface area contributed by atoms with Crippen LogP contribution in [0.5, 0.6) is 0 Å². The first-order valence-electron chi connectivity index (χ1n) is 9.80. The van der Waals surface area contributed by atoms with Gasteiger partial charge in [0.05, 0.1) is 17.0 Å². The van der Waals surface area contributed by atoms with Crippen molar-refractivity contribution >= 4 is 11.8 Å². The maximum atomic E-state index is 13.0. The number of likely N-dealkylation sites (tertiary alicyclic amines) is 1. The summed E-state index contributed by atoms with van der Waals surface area (Å²) in [6.07, 6.45) is -5.15. The van der Waals surface area contributed by atoms with Crippen LogP contribution in [0.3, 0.4) is 0 Å². The Morgan fingerprint density at radius 3 is 2.07 bits per heavy atom. The second kappa shape index (κ2) is 8.47. The summed E-state index contributed by atoms with van der Waals surface area (Å²) in [6, 6.07) is 1.32. The van der Waals surface area contributed by atoms with Crippen LogP contribution in [-0.4, -0.2) is 29.3 Å². The highest BCUT2D eigenvalue weighted by Crippen LogP contribution is 2.37. The number of nitrogens with one attached hydrogen (secondary N) is 1. The average molecular weight is 436 g/mol. The number of carbonyl (C=O) groups is 2. The van der Waals surface area contributed by atoms with Gasteiger partial charge in [-0.15, -0.1) is 0 Å². The Labute approximate surface area is 169 Å². The quantitative estimate of drug-likeness (QED) is 0.706. The summed E-state index contributed by atoms with van der Waals surface area (Å²) in [4.78, 5) is 25.8. The van der Waals surface area contributed by atoms with Gasteiger partial charge in [0.1, 0.15) is 0 Å². The third-order valence-corrected chi connectivity index (χ3v) is 5.56. The fourth-order valence-electron chi connectivity index (χ4n) is 4.00. The summed E-state index contributed by atoms with van der Waals surface area (Å²) in [5, 5.41) is 2.91. The number of nitrogens with zero attached hydrogens (tertiary/aromatic N) is 1. The van der Waals surface area contributed by atoms with E-state index in [1.165, 1.54) is 0 Å². The van der Waals surface area contributed by atoms with Crippen LogP contribution in [0, 0.1) is 5.92 Å². The molecule has 1 N–H and O–H groups in total. The third-order valence-electron chi connectivity index (χ3n) is 5.56. The van der Waals surface area contributed by atoms with Crippen molar-refractivity contribution in [1.82, 2.24) is 10.2 Å². The summed E-state index contributed by atoms with van der Waals surface area (Å²) < 4.78 is 78.1. The predicted molar refractivity (Wildman–Crippen MR) is 95.0 cm³/mol. The molecule has 3 rings (SSSR count). The van der Waals surface area contributed by atoms with Crippen molar-refractivity contribution in [2.45, 2.75) is 63.5 Å². The van der Waals surface area contributed by atoms with E-state index in [9.17, 15) is 35.9 Å². The molecule has 166 valence electrons. The second-order valence-corrected chi connectivity index (χ2v) is 7.93. The molecule has 2 fully saturated rings. The van der Waals surface area contributed by atoms with Gasteiger partial charge in [-0.05, 0) is 36.6 Å². The van der Waals surface area contributed by atoms with Crippen molar-refractivity contribution in [2.24, 2.45) is 5.92 Å². The monoisotopic (exact) mass is 436 g/mol. The zero-order valence-corrected chi connectivity index (χ0v) is 16.1. The molecule has 1 aliphatic carbocycles. The van der Waals surface area contributed by atoms with Crippen LogP contribution in [0.2, 0.25) is 0 Å². The van der Waals surface area contributed by atoms with Gasteiger partial charge in [0.15, 0.2) is 0 Å². The zero-order chi connectivity index (χ0) is 22.1. The Balaban J connectivity index is 1.71. The van der Waals surface area contributed by atoms with Crippen LogP contribution in [0.4, 0.5) is 26.3 Å². The normalized spacial score (nSPS) is 21.2. The smallest absolute Gasteiger partial charge is 0.353 e. The molecule has 1 aromatic rings. The molecule has 10 heteroatoms. The average Bonchev–Trinajstić information content (AvgIpc) is 3.01. The Morgan fingerprint density at radius 2 is 1.53 bits per heavy atom. The minimum absolute atomic E-state index is 0.0328. The highest BCUT2D eigenvalue weighted by atomic mass is 19.4. The van der Waals surface area contributed by atoms with Crippen LogP contribution in [-0.2, 0) is 28.5 Å². The maximum absolute atomic E-state index is 13.0. The first kappa shape index (κ1) is 22.4. The predicted octanol–water partition coefficient (Wildman–Crippen LogP) is 4.52. The molecule has 1 aromatic carbocycles. The Morgan fingerprint density at radius 1 is 0.967 bits per heavy atom. The summed E-state index contributed by atoms with van der Waals surface area (Å²) >= 11 is 0. The number of alkyl halides is 6. The fraction of sp³-hybridized carbons (Fsp3) is 0.600. The lowest BCUT2D eigenvalue weighted by molar-refractivity contribution is -0.143. The SMILES string of the molecule is O=C(NC1CCCCC1)[C@H]1CC(=O)N(Cc2cc(C(F)(F)F)cc(C(F)(F)F)c2)C1. The lowest BCUT2D eigenvalue weighted by Crippen LogP contribution is -2.40. The number of carbonyl (C=O) groups excluding carboxylic acids is 2. The van der Waals surface area contributed by atoms with Crippen LogP contribution >= 0.6 is 0 Å². The minimum atomic E-state index is -4.95. The summed E-state index contributed by atoms with van der Waals surface area (Å²) in [7, 11) is 0. The molecule has 0 unspecified atom stereocenters. The topological polar surface area (TPSA) is 49.4 Å². The van der Waals surface area contributed by atoms with Crippen molar-refractivity contribution in [1.29, 1.82) is 0 Å². The van der Waals surface area contributed by atoms with Crippen molar-refractivity contribution in [2.75, 3.05) is 6.54 Å². The van der Waals surface area contributed by atoms with Gasteiger partial charge < -0.3 is 10.2 Å².